The maximum atomic E-state index is 6.28. The topological polar surface area (TPSA) is 54.1 Å². The van der Waals surface area contributed by atoms with Gasteiger partial charge in [0.2, 0.25) is 0 Å². The molecule has 0 radical (unpaired) electrons. The lowest BCUT2D eigenvalue weighted by Crippen LogP contribution is -2.43. The molecule has 2 fully saturated rings. The van der Waals surface area contributed by atoms with Crippen LogP contribution in [0.15, 0.2) is 29.3 Å². The van der Waals surface area contributed by atoms with Crippen LogP contribution in [-0.4, -0.2) is 67.1 Å². The summed E-state index contributed by atoms with van der Waals surface area (Å²) in [5, 5.41) is 0. The molecular formula is C19H31IN4OS. The zero-order valence-electron chi connectivity index (χ0n) is 15.6. The third-order valence-corrected chi connectivity index (χ3v) is 6.04. The molecule has 0 spiro atoms. The number of aliphatic imine (C=N–C) groups is 1. The molecule has 5 nitrogen and oxygen atoms in total. The van der Waals surface area contributed by atoms with Gasteiger partial charge in [0.05, 0.1) is 19.7 Å². The molecule has 1 aromatic carbocycles. The molecule has 0 aliphatic carbocycles. The Morgan fingerprint density at radius 2 is 1.77 bits per heavy atom. The molecule has 26 heavy (non-hydrogen) atoms. The second kappa shape index (κ2) is 11.2. The minimum Gasteiger partial charge on any atom is -0.497 e. The first-order valence-corrected chi connectivity index (χ1v) is 10.4. The van der Waals surface area contributed by atoms with Gasteiger partial charge in [0, 0.05) is 24.6 Å². The fraction of sp³-hybridized carbons (Fsp3) is 0.632. The van der Waals surface area contributed by atoms with Gasteiger partial charge in [-0.05, 0) is 43.6 Å². The molecule has 2 aliphatic heterocycles. The molecular weight excluding hydrogens is 459 g/mol. The van der Waals surface area contributed by atoms with Crippen molar-refractivity contribution in [2.75, 3.05) is 51.3 Å². The number of benzene rings is 1. The maximum absolute atomic E-state index is 6.28. The highest BCUT2D eigenvalue weighted by Crippen LogP contribution is 2.26. The van der Waals surface area contributed by atoms with Gasteiger partial charge in [0.25, 0.3) is 0 Å². The number of piperidine rings is 1. The Morgan fingerprint density at radius 3 is 2.38 bits per heavy atom. The molecule has 2 aliphatic rings. The summed E-state index contributed by atoms with van der Waals surface area (Å²) < 4.78 is 5.30. The summed E-state index contributed by atoms with van der Waals surface area (Å²) in [5.74, 6) is 3.89. The molecule has 2 heterocycles. The molecule has 1 unspecified atom stereocenters. The van der Waals surface area contributed by atoms with Crippen molar-refractivity contribution in [2.45, 2.75) is 25.3 Å². The van der Waals surface area contributed by atoms with Crippen LogP contribution in [0.3, 0.4) is 0 Å². The van der Waals surface area contributed by atoms with Gasteiger partial charge in [-0.3, -0.25) is 9.89 Å². The molecule has 0 aromatic heterocycles. The summed E-state index contributed by atoms with van der Waals surface area (Å²) in [7, 11) is 1.71. The number of nitrogens with zero attached hydrogens (tertiary/aromatic N) is 3. The van der Waals surface area contributed by atoms with E-state index in [2.05, 4.69) is 21.9 Å². The molecule has 1 atom stereocenters. The minimum atomic E-state index is 0. The van der Waals surface area contributed by atoms with Crippen LogP contribution in [0.1, 0.15) is 30.9 Å². The van der Waals surface area contributed by atoms with E-state index in [9.17, 15) is 0 Å². The number of nitrogens with two attached hydrogens (primary N) is 1. The van der Waals surface area contributed by atoms with Crippen molar-refractivity contribution in [3.8, 4) is 5.75 Å². The normalized spacial score (nSPS) is 20.3. The van der Waals surface area contributed by atoms with Crippen LogP contribution in [0.2, 0.25) is 0 Å². The van der Waals surface area contributed by atoms with Gasteiger partial charge in [0.15, 0.2) is 5.96 Å². The van der Waals surface area contributed by atoms with Crippen LogP contribution in [-0.2, 0) is 0 Å². The molecule has 0 amide bonds. The summed E-state index contributed by atoms with van der Waals surface area (Å²) in [6, 6.07) is 8.72. The summed E-state index contributed by atoms with van der Waals surface area (Å²) in [6.45, 7) is 5.04. The van der Waals surface area contributed by atoms with E-state index in [1.807, 2.05) is 23.9 Å². The van der Waals surface area contributed by atoms with Crippen LogP contribution in [0, 0.1) is 0 Å². The van der Waals surface area contributed by atoms with E-state index in [0.717, 1.165) is 50.0 Å². The number of rotatable bonds is 5. The van der Waals surface area contributed by atoms with Gasteiger partial charge < -0.3 is 15.4 Å². The number of likely N-dealkylation sites (tertiary alicyclic amines) is 1. The Hall–Kier alpha value is -0.670. The first-order valence-electron chi connectivity index (χ1n) is 9.28. The van der Waals surface area contributed by atoms with E-state index < -0.39 is 0 Å². The van der Waals surface area contributed by atoms with E-state index in [-0.39, 0.29) is 24.0 Å². The first kappa shape index (κ1) is 21.6. The Kier molecular flexibility index (Phi) is 9.35. The van der Waals surface area contributed by atoms with Crippen LogP contribution < -0.4 is 10.5 Å². The Morgan fingerprint density at radius 1 is 1.12 bits per heavy atom. The predicted octanol–water partition coefficient (Wildman–Crippen LogP) is 3.20. The van der Waals surface area contributed by atoms with Crippen molar-refractivity contribution >= 4 is 41.7 Å². The summed E-state index contributed by atoms with van der Waals surface area (Å²) in [6.07, 6.45) is 3.88. The molecule has 2 saturated heterocycles. The molecule has 146 valence electrons. The number of halogens is 1. The average molecular weight is 490 g/mol. The number of guanidine groups is 1. The quantitative estimate of drug-likeness (QED) is 0.391. The van der Waals surface area contributed by atoms with E-state index in [1.54, 1.807) is 7.11 Å². The minimum absolute atomic E-state index is 0. The number of hydrogen-bond acceptors (Lipinski definition) is 4. The zero-order valence-corrected chi connectivity index (χ0v) is 18.7. The van der Waals surface area contributed by atoms with Crippen LogP contribution >= 0.6 is 35.7 Å². The smallest absolute Gasteiger partial charge is 0.191 e. The Bertz CT molecular complexity index is 557. The van der Waals surface area contributed by atoms with Gasteiger partial charge in [-0.15, -0.1) is 24.0 Å². The highest BCUT2D eigenvalue weighted by Gasteiger charge is 2.23. The van der Waals surface area contributed by atoms with Gasteiger partial charge >= 0.3 is 0 Å². The number of thioether (sulfide) groups is 1. The first-order chi connectivity index (χ1) is 12.3. The van der Waals surface area contributed by atoms with Crippen molar-refractivity contribution < 1.29 is 4.74 Å². The highest BCUT2D eigenvalue weighted by molar-refractivity contribution is 14.0. The zero-order chi connectivity index (χ0) is 17.5. The van der Waals surface area contributed by atoms with Crippen molar-refractivity contribution in [2.24, 2.45) is 10.7 Å². The lowest BCUT2D eigenvalue weighted by atomic mass is 10.0. The van der Waals surface area contributed by atoms with Gasteiger partial charge in [0.1, 0.15) is 5.75 Å². The van der Waals surface area contributed by atoms with Crippen LogP contribution in [0.4, 0.5) is 0 Å². The lowest BCUT2D eigenvalue weighted by Gasteiger charge is -2.34. The second-order valence-corrected chi connectivity index (χ2v) is 7.91. The van der Waals surface area contributed by atoms with Gasteiger partial charge in [-0.25, -0.2) is 0 Å². The molecule has 2 N–H and O–H groups in total. The Balaban J connectivity index is 0.00000243. The summed E-state index contributed by atoms with van der Waals surface area (Å²) >= 11 is 1.99. The third-order valence-electron chi connectivity index (χ3n) is 5.09. The SMILES string of the molecule is COc1ccc(C(CN=C(N)N2CCSCC2)N2CCCCC2)cc1.I. The largest absolute Gasteiger partial charge is 0.497 e. The van der Waals surface area contributed by atoms with Gasteiger partial charge in [-0.1, -0.05) is 18.6 Å². The summed E-state index contributed by atoms with van der Waals surface area (Å²) in [4.78, 5) is 9.56. The highest BCUT2D eigenvalue weighted by atomic mass is 127. The van der Waals surface area contributed by atoms with E-state index in [0.29, 0.717) is 12.0 Å². The molecule has 7 heteroatoms. The van der Waals surface area contributed by atoms with Crippen LogP contribution in [0.25, 0.3) is 0 Å². The van der Waals surface area contributed by atoms with E-state index in [1.165, 1.54) is 24.8 Å². The molecule has 1 aromatic rings. The fourth-order valence-corrected chi connectivity index (χ4v) is 4.46. The van der Waals surface area contributed by atoms with Crippen molar-refractivity contribution in [1.82, 2.24) is 9.80 Å². The lowest BCUT2D eigenvalue weighted by molar-refractivity contribution is 0.167. The van der Waals surface area contributed by atoms with Crippen molar-refractivity contribution in [3.63, 3.8) is 0 Å². The molecule has 3 rings (SSSR count). The third kappa shape index (κ3) is 5.92. The van der Waals surface area contributed by atoms with Crippen LogP contribution in [0.5, 0.6) is 5.75 Å². The predicted molar refractivity (Wildman–Crippen MR) is 122 cm³/mol. The van der Waals surface area contributed by atoms with E-state index >= 15 is 0 Å². The molecule has 0 bridgehead atoms. The molecule has 0 saturated carbocycles. The fourth-order valence-electron chi connectivity index (χ4n) is 3.56. The number of hydrogen-bond donors (Lipinski definition) is 1. The number of ether oxygens (including phenoxy) is 1. The monoisotopic (exact) mass is 490 g/mol. The summed E-state index contributed by atoms with van der Waals surface area (Å²) in [5.41, 5.74) is 7.58. The number of methoxy groups -OCH3 is 1. The van der Waals surface area contributed by atoms with E-state index in [4.69, 9.17) is 15.5 Å². The van der Waals surface area contributed by atoms with Gasteiger partial charge in [-0.2, -0.15) is 11.8 Å². The standard InChI is InChI=1S/C19H30N4OS.HI/c1-24-17-7-5-16(6-8-17)18(22-9-3-2-4-10-22)15-21-19(20)23-11-13-25-14-12-23;/h5-8,18H,2-4,9-15H2,1H3,(H2,20,21);1H. The average Bonchev–Trinajstić information content (AvgIpc) is 2.70. The second-order valence-electron chi connectivity index (χ2n) is 6.68. The Labute approximate surface area is 178 Å². The maximum Gasteiger partial charge on any atom is 0.191 e. The van der Waals surface area contributed by atoms with Crippen molar-refractivity contribution in [3.05, 3.63) is 29.8 Å². The van der Waals surface area contributed by atoms with Crippen molar-refractivity contribution in [1.29, 1.82) is 0 Å².